The number of ether oxygens (including phenoxy) is 8. The third-order valence-electron chi connectivity index (χ3n) is 36.3. The number of carbonyl (C=O) groups is 6. The van der Waals surface area contributed by atoms with Gasteiger partial charge in [0.15, 0.2) is 30.8 Å². The Kier molecular flexibility index (Phi) is 30.6. The van der Waals surface area contributed by atoms with E-state index in [-0.39, 0.29) is 119 Å². The second-order valence-corrected chi connectivity index (χ2v) is 44.5. The normalized spacial score (nSPS) is 40.5. The minimum absolute atomic E-state index is 0.0129. The van der Waals surface area contributed by atoms with Crippen LogP contribution in [0.3, 0.4) is 0 Å². The number of allylic oxidation sites excluding steroid dienone is 3. The molecule has 29 atom stereocenters. The third-order valence-corrected chi connectivity index (χ3v) is 36.3. The highest BCUT2D eigenvalue weighted by Crippen LogP contribution is 2.71. The molecule has 15 rings (SSSR count). The molecule has 0 radical (unpaired) electrons. The van der Waals surface area contributed by atoms with E-state index in [1.165, 1.54) is 109 Å². The summed E-state index contributed by atoms with van der Waals surface area (Å²) in [5, 5.41) is 0. The van der Waals surface area contributed by atoms with Crippen LogP contribution in [0.5, 0.6) is 0 Å². The summed E-state index contributed by atoms with van der Waals surface area (Å²) in [6.45, 7) is 41.4. The number of ketones is 3. The molecule has 12 aliphatic carbocycles. The van der Waals surface area contributed by atoms with E-state index in [2.05, 4.69) is 123 Å². The maximum absolute atomic E-state index is 13.6. The molecule has 1 aromatic rings. The Morgan fingerprint density at radius 2 is 1.07 bits per heavy atom. The molecule has 0 amide bonds. The molecule has 2 heterocycles. The predicted molar refractivity (Wildman–Crippen MR) is 475 cm³/mol. The summed E-state index contributed by atoms with van der Waals surface area (Å²) in [5.41, 5.74) is 6.95. The van der Waals surface area contributed by atoms with Crippen molar-refractivity contribution in [1.82, 2.24) is 0 Å². The second kappa shape index (κ2) is 39.4. The molecule has 2 aliphatic heterocycles. The Labute approximate surface area is 726 Å². The van der Waals surface area contributed by atoms with E-state index >= 15 is 0 Å². The van der Waals surface area contributed by atoms with Crippen molar-refractivity contribution in [3.8, 4) is 0 Å². The van der Waals surface area contributed by atoms with E-state index in [9.17, 15) is 28.8 Å². The lowest BCUT2D eigenvalue weighted by atomic mass is 9.46. The quantitative estimate of drug-likeness (QED) is 0.0370. The van der Waals surface area contributed by atoms with Gasteiger partial charge in [-0.2, -0.15) is 0 Å². The van der Waals surface area contributed by atoms with Gasteiger partial charge in [0.1, 0.15) is 24.1 Å². The fourth-order valence-corrected chi connectivity index (χ4v) is 29.5. The van der Waals surface area contributed by atoms with Gasteiger partial charge in [0, 0.05) is 49.5 Å². The zero-order valence-electron chi connectivity index (χ0n) is 78.3. The smallest absolute Gasteiger partial charge is 0.462 e. The summed E-state index contributed by atoms with van der Waals surface area (Å²) in [4.78, 5) is 76.6. The van der Waals surface area contributed by atoms with Crippen molar-refractivity contribution in [2.24, 2.45) is 127 Å². The van der Waals surface area contributed by atoms with E-state index in [1.807, 2.05) is 31.2 Å². The first-order valence-electron chi connectivity index (χ1n) is 49.8. The average molecular weight is 1660 g/mol. The second-order valence-electron chi connectivity index (χ2n) is 44.5. The largest absolute Gasteiger partial charge is 0.508 e. The number of benzene rings is 1. The van der Waals surface area contributed by atoms with Crippen LogP contribution in [0.4, 0.5) is 4.79 Å². The van der Waals surface area contributed by atoms with Gasteiger partial charge in [0.2, 0.25) is 0 Å². The van der Waals surface area contributed by atoms with E-state index in [4.69, 9.17) is 37.9 Å². The minimum atomic E-state index is -0.807. The minimum Gasteiger partial charge on any atom is -0.462 e. The van der Waals surface area contributed by atoms with E-state index in [0.717, 1.165) is 191 Å². The van der Waals surface area contributed by atoms with Crippen molar-refractivity contribution in [1.29, 1.82) is 0 Å². The van der Waals surface area contributed by atoms with Gasteiger partial charge >= 0.3 is 18.1 Å². The van der Waals surface area contributed by atoms with Crippen molar-refractivity contribution < 1.29 is 66.7 Å². The third kappa shape index (κ3) is 19.9. The molecule has 14 heteroatoms. The number of Topliss-reactive ketones (excluding diaryl/α,β-unsaturated/α-hetero) is 2. The molecule has 672 valence electrons. The summed E-state index contributed by atoms with van der Waals surface area (Å²) >= 11 is 0. The number of hydrogen-bond acceptors (Lipinski definition) is 14. The summed E-state index contributed by atoms with van der Waals surface area (Å²) in [6.07, 6.45) is 47.8. The lowest BCUT2D eigenvalue weighted by molar-refractivity contribution is -0.243. The van der Waals surface area contributed by atoms with Crippen LogP contribution in [0.2, 0.25) is 0 Å². The number of carbonyl (C=O) groups excluding carboxylic acids is 6. The van der Waals surface area contributed by atoms with Crippen LogP contribution < -0.4 is 0 Å². The molecule has 14 nitrogen and oxygen atoms in total. The molecule has 2 saturated heterocycles. The molecule has 11 fully saturated rings. The summed E-state index contributed by atoms with van der Waals surface area (Å²) in [5.74, 6) is 10.6. The van der Waals surface area contributed by atoms with Gasteiger partial charge in [-0.05, 0) is 328 Å². The van der Waals surface area contributed by atoms with E-state index in [1.54, 1.807) is 24.1 Å². The molecule has 0 bridgehead atoms. The molecular weight excluding hydrogens is 1500 g/mol. The summed E-state index contributed by atoms with van der Waals surface area (Å²) in [7, 11) is 0. The van der Waals surface area contributed by atoms with Crippen LogP contribution in [-0.4, -0.2) is 91.1 Å². The molecule has 14 aliphatic rings. The predicted octanol–water partition coefficient (Wildman–Crippen LogP) is 26.1. The first-order chi connectivity index (χ1) is 57.1. The highest BCUT2D eigenvalue weighted by atomic mass is 16.7. The van der Waals surface area contributed by atoms with Crippen molar-refractivity contribution in [2.75, 3.05) is 6.61 Å². The van der Waals surface area contributed by atoms with Gasteiger partial charge in [-0.1, -0.05) is 183 Å². The molecule has 9 saturated carbocycles. The highest BCUT2D eigenvalue weighted by molar-refractivity contribution is 5.94. The monoisotopic (exact) mass is 1660 g/mol. The Bertz CT molecular complexity index is 3770. The zero-order valence-corrected chi connectivity index (χ0v) is 78.3. The molecule has 29 unspecified atom stereocenters. The van der Waals surface area contributed by atoms with Crippen LogP contribution >= 0.6 is 0 Å². The molecule has 120 heavy (non-hydrogen) atoms. The number of fused-ring (bicyclic) bond motifs is 15. The standard InChI is InChI=1S/C41H62O4.C39H66O4.C26H36O6/c1-8-32-24-28(5)43-39(45-32)30-14-12-29(13-15-30)38(42)44-33-20-22-40(6)31(25-33)16-17-34-36-19-18-35(27(4)11-9-10-26(2)3)41(36,7)23-21-37(34)40;1-8-30-24-28(5)41-37(43-30)15-10-9-14-36(40)42-31-20-22-38(6)29(25-31)16-17-32-34-19-18-33(27(4)13-11-12-26(2)3)39(34,7)23-21-35(32)38;1-5-15(2)32-24(30)31-14-22(29)20-9-8-19-18-7-6-16-12-17(27)10-11-25(16,3)23(18)21(28)13-26(19,20)4/h12-16,26-28,32-37,39H,8-11,17-25H2,1-7H3;16,26-28,30-35,37H,8-15,17-25H2,1-7H3;12,15,18-20,23H,5-11,13-14H2,1-4H3. The fraction of sp³-hybridized carbons (Fsp3) is 0.830. The lowest BCUT2D eigenvalue weighted by Crippen LogP contribution is -2.55. The maximum Gasteiger partial charge on any atom is 0.508 e. The van der Waals surface area contributed by atoms with E-state index in [0.29, 0.717) is 59.5 Å². The number of hydrogen-bond donors (Lipinski definition) is 0. The highest BCUT2D eigenvalue weighted by Gasteiger charge is 2.65. The van der Waals surface area contributed by atoms with Gasteiger partial charge in [0.25, 0.3) is 0 Å². The first kappa shape index (κ1) is 93.1. The van der Waals surface area contributed by atoms with Crippen molar-refractivity contribution in [3.63, 3.8) is 0 Å². The van der Waals surface area contributed by atoms with E-state index < -0.39 is 6.16 Å². The Morgan fingerprint density at radius 3 is 1.64 bits per heavy atom. The van der Waals surface area contributed by atoms with Gasteiger partial charge in [-0.25, -0.2) is 9.59 Å². The zero-order chi connectivity index (χ0) is 86.0. The van der Waals surface area contributed by atoms with Crippen LogP contribution in [0.25, 0.3) is 0 Å². The molecule has 0 aromatic heterocycles. The van der Waals surface area contributed by atoms with Crippen molar-refractivity contribution >= 4 is 35.4 Å². The van der Waals surface area contributed by atoms with Gasteiger partial charge in [-0.15, -0.1) is 0 Å². The molecular formula is C106H164O14. The Hall–Kier alpha value is -4.50. The fourth-order valence-electron chi connectivity index (χ4n) is 29.5. The van der Waals surface area contributed by atoms with Crippen LogP contribution in [0.1, 0.15) is 391 Å². The molecule has 0 spiro atoms. The van der Waals surface area contributed by atoms with Gasteiger partial charge in [0.05, 0.1) is 30.0 Å². The maximum atomic E-state index is 13.6. The van der Waals surface area contributed by atoms with Crippen LogP contribution in [-0.2, 0) is 57.1 Å². The lowest BCUT2D eigenvalue weighted by Gasteiger charge is -2.58. The summed E-state index contributed by atoms with van der Waals surface area (Å²) in [6, 6.07) is 7.68. The Balaban J connectivity index is 0.000000158. The SMILES string of the molecule is CCC(C)OC(=O)OCC(=O)C1CCC2C3CCC4=CC(=O)CCC4(C)C3C(=O)CC12C.CCC1CC(C)OC(CCCCC(=O)OC2CCC3(C)C(=CCC4C3CCC3(C)C(C(C)CCCC(C)C)CCC43)C2)O1.CCC1CC(C)OC(c2ccc(C(=O)OC3CCC4(C)C(=CCC5C4CCC4(C)C(C(C)CCCC(C)C)CCC54)C3)cc2)O1. The molecule has 1 aromatic carbocycles. The molecule has 0 N–H and O–H groups in total. The summed E-state index contributed by atoms with van der Waals surface area (Å²) < 4.78 is 46.7. The van der Waals surface area contributed by atoms with Gasteiger partial charge < -0.3 is 37.9 Å². The number of esters is 2. The topological polar surface area (TPSA) is 176 Å². The average Bonchev–Trinajstić information content (AvgIpc) is 1.42. The number of unbranched alkanes of at least 4 members (excludes halogenated alkanes) is 1. The van der Waals surface area contributed by atoms with Crippen molar-refractivity contribution in [2.45, 2.75) is 424 Å². The van der Waals surface area contributed by atoms with Crippen LogP contribution in [0, 0.1) is 127 Å². The van der Waals surface area contributed by atoms with Gasteiger partial charge in [-0.3, -0.25) is 19.2 Å². The Morgan fingerprint density at radius 1 is 0.525 bits per heavy atom. The number of rotatable bonds is 26. The first-order valence-corrected chi connectivity index (χ1v) is 49.8. The van der Waals surface area contributed by atoms with Crippen LogP contribution in [0.15, 0.2) is 59.2 Å². The van der Waals surface area contributed by atoms with Crippen molar-refractivity contribution in [3.05, 3.63) is 70.3 Å².